The molecule has 30 heavy (non-hydrogen) atoms. The third-order valence-corrected chi connectivity index (χ3v) is 6.47. The van der Waals surface area contributed by atoms with E-state index in [2.05, 4.69) is 51.1 Å². The SMILES string of the molecule is NCCCN1CCN(CCCN(Cc2ccccc2)Cc2ccc(Cl)c(Cl)c2)CC1. The number of benzene rings is 2. The van der Waals surface area contributed by atoms with Gasteiger partial charge in [0.25, 0.3) is 0 Å². The van der Waals surface area contributed by atoms with Crippen molar-refractivity contribution >= 4 is 23.2 Å². The quantitative estimate of drug-likeness (QED) is 0.553. The smallest absolute Gasteiger partial charge is 0.0595 e. The Bertz CT molecular complexity index is 748. The Morgan fingerprint density at radius 1 is 0.767 bits per heavy atom. The van der Waals surface area contributed by atoms with Gasteiger partial charge in [0.2, 0.25) is 0 Å². The van der Waals surface area contributed by atoms with Crippen molar-refractivity contribution in [3.05, 3.63) is 69.7 Å². The molecule has 164 valence electrons. The van der Waals surface area contributed by atoms with Crippen LogP contribution in [0, 0.1) is 0 Å². The largest absolute Gasteiger partial charge is 0.330 e. The fourth-order valence-electron chi connectivity index (χ4n) is 4.02. The average Bonchev–Trinajstić information content (AvgIpc) is 2.76. The van der Waals surface area contributed by atoms with Gasteiger partial charge < -0.3 is 15.5 Å². The van der Waals surface area contributed by atoms with Crippen molar-refractivity contribution in [3.63, 3.8) is 0 Å². The molecule has 0 bridgehead atoms. The normalized spacial score (nSPS) is 15.7. The van der Waals surface area contributed by atoms with Gasteiger partial charge in [-0.25, -0.2) is 0 Å². The van der Waals surface area contributed by atoms with Gasteiger partial charge in [-0.2, -0.15) is 0 Å². The monoisotopic (exact) mass is 448 g/mol. The zero-order valence-electron chi connectivity index (χ0n) is 17.8. The number of piperazine rings is 1. The molecule has 1 heterocycles. The molecule has 0 unspecified atom stereocenters. The lowest BCUT2D eigenvalue weighted by Crippen LogP contribution is -2.47. The molecule has 0 saturated carbocycles. The van der Waals surface area contributed by atoms with E-state index in [9.17, 15) is 0 Å². The highest BCUT2D eigenvalue weighted by Crippen LogP contribution is 2.23. The number of halogens is 2. The van der Waals surface area contributed by atoms with Crippen LogP contribution in [0.3, 0.4) is 0 Å². The molecule has 2 aromatic rings. The molecule has 0 aliphatic carbocycles. The molecule has 2 aromatic carbocycles. The summed E-state index contributed by atoms with van der Waals surface area (Å²) in [6, 6.07) is 16.6. The van der Waals surface area contributed by atoms with E-state index in [1.165, 1.54) is 11.1 Å². The Balaban J connectivity index is 1.50. The van der Waals surface area contributed by atoms with Gasteiger partial charge in [-0.15, -0.1) is 0 Å². The first-order chi connectivity index (χ1) is 14.6. The summed E-state index contributed by atoms with van der Waals surface area (Å²) in [5.74, 6) is 0. The van der Waals surface area contributed by atoms with E-state index in [1.54, 1.807) is 0 Å². The highest BCUT2D eigenvalue weighted by Gasteiger charge is 2.16. The fourth-order valence-corrected chi connectivity index (χ4v) is 4.34. The van der Waals surface area contributed by atoms with Crippen molar-refractivity contribution in [2.75, 3.05) is 52.4 Å². The van der Waals surface area contributed by atoms with Gasteiger partial charge >= 0.3 is 0 Å². The van der Waals surface area contributed by atoms with Gasteiger partial charge in [-0.3, -0.25) is 4.90 Å². The second kappa shape index (κ2) is 12.7. The molecule has 0 aromatic heterocycles. The van der Waals surface area contributed by atoms with Crippen LogP contribution in [0.25, 0.3) is 0 Å². The van der Waals surface area contributed by atoms with Crippen molar-refractivity contribution in [2.24, 2.45) is 5.73 Å². The average molecular weight is 449 g/mol. The van der Waals surface area contributed by atoms with E-state index < -0.39 is 0 Å². The Hall–Kier alpha value is -1.14. The molecule has 6 heteroatoms. The van der Waals surface area contributed by atoms with Crippen LogP contribution in [-0.2, 0) is 13.1 Å². The molecule has 0 spiro atoms. The summed E-state index contributed by atoms with van der Waals surface area (Å²) in [6.07, 6.45) is 2.26. The lowest BCUT2D eigenvalue weighted by molar-refractivity contribution is 0.125. The van der Waals surface area contributed by atoms with E-state index in [4.69, 9.17) is 28.9 Å². The second-order valence-corrected chi connectivity index (χ2v) is 8.94. The second-order valence-electron chi connectivity index (χ2n) is 8.12. The van der Waals surface area contributed by atoms with Crippen LogP contribution in [0.2, 0.25) is 10.0 Å². The van der Waals surface area contributed by atoms with E-state index in [0.717, 1.165) is 78.3 Å². The Labute approximate surface area is 191 Å². The van der Waals surface area contributed by atoms with E-state index in [0.29, 0.717) is 10.0 Å². The van der Waals surface area contributed by atoms with Crippen LogP contribution in [0.5, 0.6) is 0 Å². The lowest BCUT2D eigenvalue weighted by atomic mass is 10.1. The minimum absolute atomic E-state index is 0.612. The molecule has 2 N–H and O–H groups in total. The molecule has 3 rings (SSSR count). The summed E-state index contributed by atoms with van der Waals surface area (Å²) >= 11 is 12.3. The molecule has 4 nitrogen and oxygen atoms in total. The maximum absolute atomic E-state index is 6.24. The van der Waals surface area contributed by atoms with Crippen molar-refractivity contribution < 1.29 is 0 Å². The van der Waals surface area contributed by atoms with Gasteiger partial charge in [-0.05, 0) is 55.7 Å². The molecule has 1 saturated heterocycles. The standard InChI is InChI=1S/C24H34Cl2N4/c25-23-9-8-22(18-24(23)26)20-30(19-21-6-2-1-3-7-21)13-5-12-29-16-14-28(15-17-29)11-4-10-27/h1-3,6-9,18H,4-5,10-17,19-20,27H2. The molecule has 0 amide bonds. The summed E-state index contributed by atoms with van der Waals surface area (Å²) in [5.41, 5.74) is 8.18. The summed E-state index contributed by atoms with van der Waals surface area (Å²) < 4.78 is 0. The van der Waals surface area contributed by atoms with Crippen LogP contribution in [0.4, 0.5) is 0 Å². The lowest BCUT2D eigenvalue weighted by Gasteiger charge is -2.35. The number of rotatable bonds is 11. The van der Waals surface area contributed by atoms with Gasteiger partial charge in [-0.1, -0.05) is 59.6 Å². The highest BCUT2D eigenvalue weighted by molar-refractivity contribution is 6.42. The summed E-state index contributed by atoms with van der Waals surface area (Å²) in [5, 5.41) is 1.24. The Kier molecular flexibility index (Phi) is 9.92. The van der Waals surface area contributed by atoms with Gasteiger partial charge in [0.15, 0.2) is 0 Å². The van der Waals surface area contributed by atoms with Crippen molar-refractivity contribution in [3.8, 4) is 0 Å². The van der Waals surface area contributed by atoms with Crippen LogP contribution < -0.4 is 5.73 Å². The van der Waals surface area contributed by atoms with Crippen molar-refractivity contribution in [1.29, 1.82) is 0 Å². The molecule has 0 atom stereocenters. The molecular formula is C24H34Cl2N4. The predicted molar refractivity (Wildman–Crippen MR) is 128 cm³/mol. The molecule has 0 radical (unpaired) electrons. The third-order valence-electron chi connectivity index (χ3n) is 5.73. The Morgan fingerprint density at radius 3 is 2.03 bits per heavy atom. The van der Waals surface area contributed by atoms with Crippen molar-refractivity contribution in [1.82, 2.24) is 14.7 Å². The molecule has 1 aliphatic rings. The first-order valence-corrected chi connectivity index (χ1v) is 11.7. The number of hydrogen-bond acceptors (Lipinski definition) is 4. The van der Waals surface area contributed by atoms with Crippen molar-refractivity contribution in [2.45, 2.75) is 25.9 Å². The molecule has 1 aliphatic heterocycles. The summed E-state index contributed by atoms with van der Waals surface area (Å²) in [7, 11) is 0. The topological polar surface area (TPSA) is 35.7 Å². The summed E-state index contributed by atoms with van der Waals surface area (Å²) in [4.78, 5) is 7.64. The minimum atomic E-state index is 0.612. The van der Waals surface area contributed by atoms with Crippen LogP contribution in [-0.4, -0.2) is 67.1 Å². The number of hydrogen-bond donors (Lipinski definition) is 1. The fraction of sp³-hybridized carbons (Fsp3) is 0.500. The Morgan fingerprint density at radius 2 is 1.40 bits per heavy atom. The molecule has 1 fully saturated rings. The number of nitrogens with two attached hydrogens (primary N) is 1. The first-order valence-electron chi connectivity index (χ1n) is 11.0. The van der Waals surface area contributed by atoms with Gasteiger partial charge in [0, 0.05) is 45.8 Å². The maximum Gasteiger partial charge on any atom is 0.0595 e. The third kappa shape index (κ3) is 7.84. The molecular weight excluding hydrogens is 415 g/mol. The van der Waals surface area contributed by atoms with Crippen LogP contribution in [0.15, 0.2) is 48.5 Å². The van der Waals surface area contributed by atoms with Crippen LogP contribution >= 0.6 is 23.2 Å². The highest BCUT2D eigenvalue weighted by atomic mass is 35.5. The maximum atomic E-state index is 6.24. The zero-order chi connectivity index (χ0) is 21.2. The van der Waals surface area contributed by atoms with E-state index in [-0.39, 0.29) is 0 Å². The van der Waals surface area contributed by atoms with Gasteiger partial charge in [0.1, 0.15) is 0 Å². The first kappa shape index (κ1) is 23.5. The minimum Gasteiger partial charge on any atom is -0.330 e. The number of nitrogens with zero attached hydrogens (tertiary/aromatic N) is 3. The summed E-state index contributed by atoms with van der Waals surface area (Å²) in [6.45, 7) is 10.6. The van der Waals surface area contributed by atoms with E-state index in [1.807, 2.05) is 12.1 Å². The van der Waals surface area contributed by atoms with E-state index >= 15 is 0 Å². The van der Waals surface area contributed by atoms with Crippen LogP contribution in [0.1, 0.15) is 24.0 Å². The predicted octanol–water partition coefficient (Wildman–Crippen LogP) is 4.35. The zero-order valence-corrected chi connectivity index (χ0v) is 19.3. The van der Waals surface area contributed by atoms with Gasteiger partial charge in [0.05, 0.1) is 10.0 Å².